The van der Waals surface area contributed by atoms with Crippen molar-refractivity contribution >= 4 is 27.9 Å². The molecule has 0 heterocycles. The van der Waals surface area contributed by atoms with Crippen molar-refractivity contribution in [1.29, 1.82) is 0 Å². The summed E-state index contributed by atoms with van der Waals surface area (Å²) in [7, 11) is -1.20. The zero-order valence-electron chi connectivity index (χ0n) is 17.7. The highest BCUT2D eigenvalue weighted by molar-refractivity contribution is 7.89. The Kier molecular flexibility index (Phi) is 7.68. The standard InChI is InChI=1S/C23H20ClF2NO5S/c1-27(33(29,30)19-4-5-22(26)21(24)13-19)14-15-3-6-23(32-8-7-28)20(9-15)16-10-17(25)12-18(11-16)31-2/h3-7,9-13H,8,14H2,1-2H3. The van der Waals surface area contributed by atoms with E-state index in [0.717, 1.165) is 22.5 Å². The summed E-state index contributed by atoms with van der Waals surface area (Å²) in [5, 5.41) is -0.302. The Morgan fingerprint density at radius 2 is 1.82 bits per heavy atom. The predicted octanol–water partition coefficient (Wildman–Crippen LogP) is 4.69. The number of rotatable bonds is 9. The number of methoxy groups -OCH3 is 1. The van der Waals surface area contributed by atoms with Crippen molar-refractivity contribution in [3.63, 3.8) is 0 Å². The number of sulfonamides is 1. The number of nitrogens with zero attached hydrogens (tertiary/aromatic N) is 1. The molecular weight excluding hydrogens is 476 g/mol. The Hall–Kier alpha value is -3.01. The molecule has 3 aromatic rings. The van der Waals surface area contributed by atoms with Crippen LogP contribution in [0.2, 0.25) is 5.02 Å². The number of benzene rings is 3. The summed E-state index contributed by atoms with van der Waals surface area (Å²) in [6.07, 6.45) is 0.581. The maximum atomic E-state index is 14.1. The average molecular weight is 496 g/mol. The number of ether oxygens (including phenoxy) is 2. The van der Waals surface area contributed by atoms with Gasteiger partial charge >= 0.3 is 0 Å². The zero-order chi connectivity index (χ0) is 24.2. The topological polar surface area (TPSA) is 72.9 Å². The molecule has 0 aromatic heterocycles. The van der Waals surface area contributed by atoms with Crippen molar-refractivity contribution in [2.45, 2.75) is 11.4 Å². The molecule has 0 spiro atoms. The molecule has 0 N–H and O–H groups in total. The third-order valence-electron chi connectivity index (χ3n) is 4.77. The van der Waals surface area contributed by atoms with Crippen LogP contribution in [-0.4, -0.2) is 39.8 Å². The Morgan fingerprint density at radius 1 is 1.06 bits per heavy atom. The van der Waals surface area contributed by atoms with Gasteiger partial charge in [0.15, 0.2) is 6.29 Å². The van der Waals surface area contributed by atoms with Crippen LogP contribution in [0.5, 0.6) is 11.5 Å². The first-order valence-corrected chi connectivity index (χ1v) is 11.4. The number of halogens is 3. The van der Waals surface area contributed by atoms with Crippen LogP contribution in [0.3, 0.4) is 0 Å². The predicted molar refractivity (Wildman–Crippen MR) is 120 cm³/mol. The van der Waals surface area contributed by atoms with Crippen LogP contribution in [0.25, 0.3) is 11.1 Å². The number of carbonyl (C=O) groups excluding carboxylic acids is 1. The Morgan fingerprint density at radius 3 is 2.48 bits per heavy atom. The molecule has 0 atom stereocenters. The van der Waals surface area contributed by atoms with Crippen molar-refractivity contribution in [3.8, 4) is 22.6 Å². The number of hydrogen-bond acceptors (Lipinski definition) is 5. The molecule has 0 fully saturated rings. The van der Waals surface area contributed by atoms with Gasteiger partial charge in [0.25, 0.3) is 0 Å². The summed E-state index contributed by atoms with van der Waals surface area (Å²) in [5.74, 6) is -0.665. The molecule has 0 saturated carbocycles. The van der Waals surface area contributed by atoms with E-state index in [0.29, 0.717) is 28.7 Å². The highest BCUT2D eigenvalue weighted by Gasteiger charge is 2.23. The van der Waals surface area contributed by atoms with Crippen molar-refractivity contribution in [3.05, 3.63) is 76.8 Å². The average Bonchev–Trinajstić information content (AvgIpc) is 2.79. The van der Waals surface area contributed by atoms with Crippen LogP contribution < -0.4 is 9.47 Å². The van der Waals surface area contributed by atoms with Crippen molar-refractivity contribution < 1.29 is 31.5 Å². The molecule has 0 amide bonds. The normalized spacial score (nSPS) is 11.5. The van der Waals surface area contributed by atoms with Crippen LogP contribution in [0.4, 0.5) is 8.78 Å². The molecule has 0 aliphatic heterocycles. The lowest BCUT2D eigenvalue weighted by Gasteiger charge is -2.19. The third-order valence-corrected chi connectivity index (χ3v) is 6.86. The smallest absolute Gasteiger partial charge is 0.243 e. The fraction of sp³-hybridized carbons (Fsp3) is 0.174. The van der Waals surface area contributed by atoms with E-state index in [2.05, 4.69) is 0 Å². The van der Waals surface area contributed by atoms with Crippen LogP contribution in [0, 0.1) is 11.6 Å². The minimum Gasteiger partial charge on any atom is -0.497 e. The van der Waals surface area contributed by atoms with Gasteiger partial charge in [-0.2, -0.15) is 4.31 Å². The maximum absolute atomic E-state index is 14.1. The van der Waals surface area contributed by atoms with Gasteiger partial charge in [0.05, 0.1) is 17.0 Å². The molecule has 0 bridgehead atoms. The van der Waals surface area contributed by atoms with Gasteiger partial charge in [-0.3, -0.25) is 4.79 Å². The number of carbonyl (C=O) groups is 1. The maximum Gasteiger partial charge on any atom is 0.243 e. The molecule has 0 radical (unpaired) electrons. The summed E-state index contributed by atoms with van der Waals surface area (Å²) >= 11 is 5.73. The monoisotopic (exact) mass is 495 g/mol. The van der Waals surface area contributed by atoms with E-state index < -0.39 is 21.7 Å². The van der Waals surface area contributed by atoms with Gasteiger partial charge < -0.3 is 9.47 Å². The van der Waals surface area contributed by atoms with E-state index in [-0.39, 0.29) is 28.8 Å². The highest BCUT2D eigenvalue weighted by Crippen LogP contribution is 2.34. The molecule has 3 rings (SSSR count). The van der Waals surface area contributed by atoms with Crippen LogP contribution in [0.15, 0.2) is 59.5 Å². The van der Waals surface area contributed by atoms with Crippen LogP contribution >= 0.6 is 11.6 Å². The quantitative estimate of drug-likeness (QED) is 0.403. The molecule has 0 saturated heterocycles. The molecule has 174 valence electrons. The van der Waals surface area contributed by atoms with E-state index in [9.17, 15) is 22.0 Å². The Balaban J connectivity index is 1.98. The van der Waals surface area contributed by atoms with E-state index in [4.69, 9.17) is 21.1 Å². The first-order valence-electron chi connectivity index (χ1n) is 9.61. The number of hydrogen-bond donors (Lipinski definition) is 0. The van der Waals surface area contributed by atoms with E-state index >= 15 is 0 Å². The third kappa shape index (κ3) is 5.68. The molecule has 33 heavy (non-hydrogen) atoms. The second-order valence-electron chi connectivity index (χ2n) is 7.02. The van der Waals surface area contributed by atoms with Gasteiger partial charge in [-0.1, -0.05) is 17.7 Å². The van der Waals surface area contributed by atoms with Crippen molar-refractivity contribution in [2.75, 3.05) is 20.8 Å². The van der Waals surface area contributed by atoms with Crippen molar-refractivity contribution in [1.82, 2.24) is 4.31 Å². The molecule has 0 unspecified atom stereocenters. The molecule has 3 aromatic carbocycles. The van der Waals surface area contributed by atoms with E-state index in [1.165, 1.54) is 26.3 Å². The fourth-order valence-electron chi connectivity index (χ4n) is 3.15. The summed E-state index contributed by atoms with van der Waals surface area (Å²) in [6, 6.07) is 12.1. The van der Waals surface area contributed by atoms with Gasteiger partial charge in [0.1, 0.15) is 29.7 Å². The van der Waals surface area contributed by atoms with Gasteiger partial charge in [-0.05, 0) is 53.6 Å². The molecule has 0 aliphatic rings. The van der Waals surface area contributed by atoms with Crippen LogP contribution in [0.1, 0.15) is 5.56 Å². The lowest BCUT2D eigenvalue weighted by Crippen LogP contribution is -2.26. The SMILES string of the molecule is COc1cc(F)cc(-c2cc(CN(C)S(=O)(=O)c3ccc(F)c(Cl)c3)ccc2OCC=O)c1. The van der Waals surface area contributed by atoms with Gasteiger partial charge in [-0.25, -0.2) is 17.2 Å². The molecule has 6 nitrogen and oxygen atoms in total. The summed E-state index contributed by atoms with van der Waals surface area (Å²) in [6.45, 7) is -0.261. The highest BCUT2D eigenvalue weighted by atomic mass is 35.5. The number of aldehydes is 1. The van der Waals surface area contributed by atoms with E-state index in [1.807, 2.05) is 0 Å². The van der Waals surface area contributed by atoms with Gasteiger partial charge in [-0.15, -0.1) is 0 Å². The van der Waals surface area contributed by atoms with Crippen molar-refractivity contribution in [2.24, 2.45) is 0 Å². The fourth-order valence-corrected chi connectivity index (χ4v) is 4.58. The zero-order valence-corrected chi connectivity index (χ0v) is 19.3. The largest absolute Gasteiger partial charge is 0.497 e. The van der Waals surface area contributed by atoms with Gasteiger partial charge in [0, 0.05) is 25.2 Å². The van der Waals surface area contributed by atoms with E-state index in [1.54, 1.807) is 24.3 Å². The summed E-state index contributed by atoms with van der Waals surface area (Å²) < 4.78 is 65.0. The minimum atomic E-state index is -3.97. The molecular formula is C23H20ClF2NO5S. The Labute approximate surface area is 195 Å². The second kappa shape index (κ2) is 10.3. The lowest BCUT2D eigenvalue weighted by molar-refractivity contribution is -0.109. The first-order chi connectivity index (χ1) is 15.6. The molecule has 10 heteroatoms. The summed E-state index contributed by atoms with van der Waals surface area (Å²) in [4.78, 5) is 10.6. The van der Waals surface area contributed by atoms with Gasteiger partial charge in [0.2, 0.25) is 10.0 Å². The molecule has 0 aliphatic carbocycles. The Bertz CT molecular complexity index is 1280. The summed E-state index contributed by atoms with van der Waals surface area (Å²) in [5.41, 5.74) is 1.43. The second-order valence-corrected chi connectivity index (χ2v) is 9.48. The lowest BCUT2D eigenvalue weighted by atomic mass is 10.0. The minimum absolute atomic E-state index is 0.0509. The van der Waals surface area contributed by atoms with Crippen LogP contribution in [-0.2, 0) is 21.4 Å². The first kappa shape index (κ1) is 24.6.